The molecule has 0 aliphatic carbocycles. The third-order valence-electron chi connectivity index (χ3n) is 2.62. The fraction of sp³-hybridized carbons (Fsp3) is 0.167. The Balaban J connectivity index is 2.56. The van der Waals surface area contributed by atoms with Gasteiger partial charge in [0.25, 0.3) is 5.56 Å². The smallest absolute Gasteiger partial charge is 0.274 e. The number of nitrogens with zero attached hydrogens (tertiary/aromatic N) is 2. The van der Waals surface area contributed by atoms with Gasteiger partial charge in [0.05, 0.1) is 17.3 Å². The van der Waals surface area contributed by atoms with Crippen LogP contribution in [0, 0.1) is 25.2 Å². The van der Waals surface area contributed by atoms with Gasteiger partial charge in [-0.15, -0.1) is 0 Å². The summed E-state index contributed by atoms with van der Waals surface area (Å²) in [6.07, 6.45) is 0. The van der Waals surface area contributed by atoms with Crippen molar-refractivity contribution in [3.05, 3.63) is 51.4 Å². The lowest BCUT2D eigenvalue weighted by Gasteiger charge is -2.00. The van der Waals surface area contributed by atoms with Crippen LogP contribution in [-0.4, -0.2) is 9.78 Å². The van der Waals surface area contributed by atoms with E-state index in [1.807, 2.05) is 13.0 Å². The van der Waals surface area contributed by atoms with Gasteiger partial charge < -0.3 is 0 Å². The molecule has 2 aromatic rings. The molecule has 16 heavy (non-hydrogen) atoms. The lowest BCUT2D eigenvalue weighted by Crippen LogP contribution is -2.15. The number of aryl methyl sites for hydroxylation is 1. The molecule has 0 saturated heterocycles. The zero-order valence-electron chi connectivity index (χ0n) is 9.11. The number of benzene rings is 1. The van der Waals surface area contributed by atoms with Crippen molar-refractivity contribution in [2.24, 2.45) is 0 Å². The van der Waals surface area contributed by atoms with Crippen molar-refractivity contribution in [1.29, 1.82) is 5.26 Å². The minimum atomic E-state index is -0.0535. The molecular weight excluding hydrogens is 202 g/mol. The quantitative estimate of drug-likeness (QED) is 0.783. The Bertz CT molecular complexity index is 611. The third kappa shape index (κ3) is 1.52. The number of aromatic nitrogens is 2. The van der Waals surface area contributed by atoms with Crippen LogP contribution >= 0.6 is 0 Å². The van der Waals surface area contributed by atoms with E-state index < -0.39 is 0 Å². The van der Waals surface area contributed by atoms with E-state index in [-0.39, 0.29) is 5.56 Å². The molecule has 2 rings (SSSR count). The van der Waals surface area contributed by atoms with E-state index in [2.05, 4.69) is 5.10 Å². The highest BCUT2D eigenvalue weighted by Crippen LogP contribution is 2.08. The standard InChI is InChI=1S/C12H11N3O/c1-8-9(2)14-15(12(8)16)11-5-3-10(7-13)4-6-11/h3-6,14H,1-2H3. The van der Waals surface area contributed by atoms with Crippen LogP contribution in [0.4, 0.5) is 0 Å². The molecule has 1 aromatic heterocycles. The van der Waals surface area contributed by atoms with Gasteiger partial charge in [0.1, 0.15) is 0 Å². The Morgan fingerprint density at radius 2 is 1.88 bits per heavy atom. The number of nitriles is 1. The Labute approximate surface area is 92.7 Å². The zero-order valence-corrected chi connectivity index (χ0v) is 9.11. The monoisotopic (exact) mass is 213 g/mol. The zero-order chi connectivity index (χ0) is 11.7. The average Bonchev–Trinajstić information content (AvgIpc) is 2.57. The van der Waals surface area contributed by atoms with Crippen molar-refractivity contribution in [1.82, 2.24) is 9.78 Å². The van der Waals surface area contributed by atoms with E-state index in [4.69, 9.17) is 5.26 Å². The fourth-order valence-corrected chi connectivity index (χ4v) is 1.50. The predicted octanol–water partition coefficient (Wildman–Crippen LogP) is 1.65. The molecule has 0 aliphatic rings. The molecule has 1 N–H and O–H groups in total. The Kier molecular flexibility index (Phi) is 2.37. The number of aromatic amines is 1. The molecule has 0 aliphatic heterocycles. The summed E-state index contributed by atoms with van der Waals surface area (Å²) < 4.78 is 1.48. The molecule has 0 bridgehead atoms. The van der Waals surface area contributed by atoms with Crippen LogP contribution < -0.4 is 5.56 Å². The number of H-pyrrole nitrogens is 1. The number of hydrogen-bond donors (Lipinski definition) is 1. The molecule has 4 heteroatoms. The van der Waals surface area contributed by atoms with Gasteiger partial charge in [-0.25, -0.2) is 4.68 Å². The van der Waals surface area contributed by atoms with Gasteiger partial charge in [-0.05, 0) is 38.1 Å². The van der Waals surface area contributed by atoms with Crippen LogP contribution in [0.25, 0.3) is 5.69 Å². The first-order valence-corrected chi connectivity index (χ1v) is 4.92. The van der Waals surface area contributed by atoms with Gasteiger partial charge in [0.2, 0.25) is 0 Å². The molecule has 0 saturated carbocycles. The summed E-state index contributed by atoms with van der Waals surface area (Å²) in [6, 6.07) is 8.91. The molecule has 1 aromatic carbocycles. The summed E-state index contributed by atoms with van der Waals surface area (Å²) in [7, 11) is 0. The van der Waals surface area contributed by atoms with Gasteiger partial charge in [-0.3, -0.25) is 9.89 Å². The van der Waals surface area contributed by atoms with Crippen LogP contribution in [0.3, 0.4) is 0 Å². The normalized spacial score (nSPS) is 10.1. The highest BCUT2D eigenvalue weighted by Gasteiger charge is 2.07. The summed E-state index contributed by atoms with van der Waals surface area (Å²) >= 11 is 0. The lowest BCUT2D eigenvalue weighted by molar-refractivity contribution is 0.835. The first-order chi connectivity index (χ1) is 7.63. The van der Waals surface area contributed by atoms with E-state index in [9.17, 15) is 4.79 Å². The highest BCUT2D eigenvalue weighted by atomic mass is 16.1. The average molecular weight is 213 g/mol. The van der Waals surface area contributed by atoms with Gasteiger partial charge in [0.15, 0.2) is 0 Å². The molecule has 0 fully saturated rings. The molecule has 0 atom stereocenters. The van der Waals surface area contributed by atoms with Gasteiger partial charge >= 0.3 is 0 Å². The third-order valence-corrected chi connectivity index (χ3v) is 2.62. The summed E-state index contributed by atoms with van der Waals surface area (Å²) in [4.78, 5) is 11.8. The predicted molar refractivity (Wildman–Crippen MR) is 60.6 cm³/mol. The summed E-state index contributed by atoms with van der Waals surface area (Å²) in [5.74, 6) is 0. The Hall–Kier alpha value is -2.28. The SMILES string of the molecule is Cc1[nH]n(-c2ccc(C#N)cc2)c(=O)c1C. The largest absolute Gasteiger partial charge is 0.295 e. The summed E-state index contributed by atoms with van der Waals surface area (Å²) in [5, 5.41) is 11.7. The maximum absolute atomic E-state index is 11.8. The van der Waals surface area contributed by atoms with E-state index in [1.165, 1.54) is 4.68 Å². The van der Waals surface area contributed by atoms with E-state index >= 15 is 0 Å². The highest BCUT2D eigenvalue weighted by molar-refractivity contribution is 5.39. The lowest BCUT2D eigenvalue weighted by atomic mass is 10.2. The van der Waals surface area contributed by atoms with Crippen LogP contribution in [0.2, 0.25) is 0 Å². The minimum Gasteiger partial charge on any atom is -0.295 e. The van der Waals surface area contributed by atoms with Crippen molar-refractivity contribution >= 4 is 0 Å². The molecule has 80 valence electrons. The van der Waals surface area contributed by atoms with Crippen LogP contribution in [0.5, 0.6) is 0 Å². The maximum Gasteiger partial charge on any atom is 0.274 e. The van der Waals surface area contributed by atoms with Gasteiger partial charge in [-0.1, -0.05) is 0 Å². The topological polar surface area (TPSA) is 61.6 Å². The first-order valence-electron chi connectivity index (χ1n) is 4.92. The summed E-state index contributed by atoms with van der Waals surface area (Å²) in [6.45, 7) is 3.64. The van der Waals surface area contributed by atoms with E-state index in [0.717, 1.165) is 11.4 Å². The number of nitrogens with one attached hydrogen (secondary N) is 1. The molecular formula is C12H11N3O. The number of hydrogen-bond acceptors (Lipinski definition) is 2. The van der Waals surface area contributed by atoms with Crippen LogP contribution in [-0.2, 0) is 0 Å². The van der Waals surface area contributed by atoms with Crippen LogP contribution in [0.15, 0.2) is 29.1 Å². The second kappa shape index (κ2) is 3.70. The molecule has 0 radical (unpaired) electrons. The van der Waals surface area contributed by atoms with Gasteiger partial charge in [-0.2, -0.15) is 5.26 Å². The molecule has 0 spiro atoms. The molecule has 0 amide bonds. The van der Waals surface area contributed by atoms with Crippen molar-refractivity contribution in [3.8, 4) is 11.8 Å². The van der Waals surface area contributed by atoms with Crippen molar-refractivity contribution in [3.63, 3.8) is 0 Å². The Morgan fingerprint density at radius 1 is 1.25 bits per heavy atom. The van der Waals surface area contributed by atoms with Crippen molar-refractivity contribution in [2.45, 2.75) is 13.8 Å². The first kappa shape index (κ1) is 10.2. The number of rotatable bonds is 1. The minimum absolute atomic E-state index is 0.0535. The van der Waals surface area contributed by atoms with E-state index in [1.54, 1.807) is 31.2 Å². The molecule has 0 unspecified atom stereocenters. The maximum atomic E-state index is 11.8. The second-order valence-electron chi connectivity index (χ2n) is 3.66. The molecule has 1 heterocycles. The Morgan fingerprint density at radius 3 is 2.31 bits per heavy atom. The van der Waals surface area contributed by atoms with Crippen molar-refractivity contribution < 1.29 is 0 Å². The van der Waals surface area contributed by atoms with Crippen molar-refractivity contribution in [2.75, 3.05) is 0 Å². The second-order valence-corrected chi connectivity index (χ2v) is 3.66. The van der Waals surface area contributed by atoms with Crippen LogP contribution in [0.1, 0.15) is 16.8 Å². The summed E-state index contributed by atoms with van der Waals surface area (Å²) in [5.41, 5.74) is 2.83. The van der Waals surface area contributed by atoms with Gasteiger partial charge in [0, 0.05) is 11.3 Å². The molecule has 4 nitrogen and oxygen atoms in total. The fourth-order valence-electron chi connectivity index (χ4n) is 1.50. The van der Waals surface area contributed by atoms with E-state index in [0.29, 0.717) is 11.1 Å².